The van der Waals surface area contributed by atoms with E-state index in [1.807, 2.05) is 24.4 Å². The number of furan rings is 1. The summed E-state index contributed by atoms with van der Waals surface area (Å²) >= 11 is 0. The molecule has 2 bridgehead atoms. The largest absolute Gasteiger partial charge is 0.501 e. The predicted molar refractivity (Wildman–Crippen MR) is 240 cm³/mol. The van der Waals surface area contributed by atoms with Crippen LogP contribution in [-0.2, 0) is 32.9 Å². The Morgan fingerprint density at radius 3 is 2.24 bits per heavy atom. The minimum Gasteiger partial charge on any atom is -0.501 e. The Bertz CT molecular complexity index is 2440. The summed E-state index contributed by atoms with van der Waals surface area (Å²) in [6, 6.07) is 42.9. The number of hydrogen-bond donors (Lipinski definition) is 0. The third-order valence-electron chi connectivity index (χ3n) is 13.3. The van der Waals surface area contributed by atoms with E-state index in [1.54, 1.807) is 10.8 Å². The molecule has 3 nitrogen and oxygen atoms in total. The molecule has 5 heteroatoms. The molecule has 0 N–H and O–H groups in total. The molecule has 0 amide bonds. The van der Waals surface area contributed by atoms with Crippen LogP contribution in [0.25, 0.3) is 55.6 Å². The van der Waals surface area contributed by atoms with Gasteiger partial charge in [-0.1, -0.05) is 135 Å². The van der Waals surface area contributed by atoms with Crippen LogP contribution >= 0.6 is 0 Å². The van der Waals surface area contributed by atoms with Crippen molar-refractivity contribution in [3.05, 3.63) is 139 Å². The van der Waals surface area contributed by atoms with E-state index < -0.39 is 8.07 Å². The van der Waals surface area contributed by atoms with E-state index in [9.17, 15) is 0 Å². The number of pyridine rings is 2. The van der Waals surface area contributed by atoms with Gasteiger partial charge in [0, 0.05) is 37.9 Å². The van der Waals surface area contributed by atoms with E-state index in [1.165, 1.54) is 93.7 Å². The van der Waals surface area contributed by atoms with Crippen LogP contribution in [0.15, 0.2) is 120 Å². The third-order valence-corrected chi connectivity index (χ3v) is 15.4. The van der Waals surface area contributed by atoms with Crippen molar-refractivity contribution in [2.24, 2.45) is 23.7 Å². The van der Waals surface area contributed by atoms with E-state index in [0.29, 0.717) is 0 Å². The van der Waals surface area contributed by atoms with Crippen molar-refractivity contribution in [2.75, 3.05) is 0 Å². The fourth-order valence-electron chi connectivity index (χ4n) is 10.3. The zero-order chi connectivity index (χ0) is 38.8. The van der Waals surface area contributed by atoms with Gasteiger partial charge in [0.05, 0.1) is 13.7 Å². The smallest absolute Gasteiger partial charge is 0.120 e. The van der Waals surface area contributed by atoms with Crippen molar-refractivity contribution >= 4 is 35.2 Å². The number of fused-ring (bicyclic) bond motifs is 6. The second kappa shape index (κ2) is 18.0. The molecule has 4 saturated carbocycles. The molecule has 0 saturated heterocycles. The Morgan fingerprint density at radius 1 is 0.690 bits per heavy atom. The van der Waals surface area contributed by atoms with Crippen molar-refractivity contribution in [1.29, 1.82) is 0 Å². The first-order chi connectivity index (χ1) is 27.9. The molecule has 7 aromatic rings. The summed E-state index contributed by atoms with van der Waals surface area (Å²) in [6.45, 7) is 7.30. The molecule has 4 aromatic carbocycles. The maximum absolute atomic E-state index is 6.39. The van der Waals surface area contributed by atoms with E-state index in [2.05, 4.69) is 123 Å². The quantitative estimate of drug-likeness (QED) is 0.113. The number of benzene rings is 4. The van der Waals surface area contributed by atoms with Gasteiger partial charge >= 0.3 is 0 Å². The summed E-state index contributed by atoms with van der Waals surface area (Å²) in [4.78, 5) is 9.52. The molecule has 3 aromatic heterocycles. The molecule has 0 spiro atoms. The van der Waals surface area contributed by atoms with E-state index >= 15 is 0 Å². The molecule has 3 heterocycles. The van der Waals surface area contributed by atoms with Gasteiger partial charge in [-0.2, -0.15) is 0 Å². The summed E-state index contributed by atoms with van der Waals surface area (Å²) in [7, 11) is -1.36. The number of nitrogens with zero attached hydrogens (tertiary/aromatic N) is 2. The standard InChI is InChI=1S/C32H28NO.C21H28NSi.Ir/c1-2-5-23(6-3-1)25-13-14-31-29(20-25)27-7-4-8-28(32(27)34-31)30-19-22(15-16-33-30)18-26-17-21-9-11-24(26)12-10-21;1-23(2,3)21-16-22-20(18-12-8-5-9-13-18)15-19(21)14-17-10-6-4-7-11-17;/h1-7,13-16,19-21,24,26H,9-12,17-18H2;5,8-9,12,15-17H,4,6-7,10-11,14H2,1-3H3;/q2*-1;. The first-order valence-corrected chi connectivity index (χ1v) is 25.2. The van der Waals surface area contributed by atoms with Crippen molar-refractivity contribution in [1.82, 2.24) is 9.97 Å². The second-order valence-corrected chi connectivity index (χ2v) is 23.3. The maximum Gasteiger partial charge on any atom is 0.120 e. The molecule has 4 fully saturated rings. The van der Waals surface area contributed by atoms with E-state index in [4.69, 9.17) is 14.4 Å². The normalized spacial score (nSPS) is 19.4. The van der Waals surface area contributed by atoms with Gasteiger partial charge in [-0.25, -0.2) is 0 Å². The summed E-state index contributed by atoms with van der Waals surface area (Å²) in [5.74, 6) is 3.60. The van der Waals surface area contributed by atoms with Crippen LogP contribution < -0.4 is 5.19 Å². The first-order valence-electron chi connectivity index (χ1n) is 21.7. The molecule has 58 heavy (non-hydrogen) atoms. The fraction of sp³-hybridized carbons (Fsp3) is 0.358. The Kier molecular flexibility index (Phi) is 12.6. The van der Waals surface area contributed by atoms with Crippen LogP contribution in [0.3, 0.4) is 0 Å². The summed E-state index contributed by atoms with van der Waals surface area (Å²) in [5.41, 5.74) is 11.3. The minimum absolute atomic E-state index is 0. The molecule has 4 aliphatic carbocycles. The van der Waals surface area contributed by atoms with Crippen molar-refractivity contribution in [3.63, 3.8) is 0 Å². The minimum atomic E-state index is -1.36. The van der Waals surface area contributed by atoms with Gasteiger partial charge in [0.15, 0.2) is 0 Å². The molecule has 1 radical (unpaired) electrons. The molecule has 299 valence electrons. The Hall–Kier alpha value is -4.15. The van der Waals surface area contributed by atoms with Gasteiger partial charge in [-0.15, -0.1) is 54.1 Å². The summed E-state index contributed by atoms with van der Waals surface area (Å²) in [6.07, 6.45) is 20.8. The van der Waals surface area contributed by atoms with Gasteiger partial charge in [0.2, 0.25) is 0 Å². The van der Waals surface area contributed by atoms with Gasteiger partial charge in [-0.05, 0) is 102 Å². The SMILES string of the molecule is C[Si](C)(C)c1cnc(-c2[c-]cccc2)cc1CC1CCCCC1.[Ir].[c-]1ccc2c(oc3ccc(-c4ccccc4)cc32)c1-c1cc(CC2CC3CCC2CC3)ccn1. The Labute approximate surface area is 360 Å². The summed E-state index contributed by atoms with van der Waals surface area (Å²) in [5, 5.41) is 3.81. The van der Waals surface area contributed by atoms with Gasteiger partial charge in [-0.3, -0.25) is 0 Å². The molecular formula is C53H56IrN2OSi-2. The van der Waals surface area contributed by atoms with Crippen LogP contribution in [0, 0.1) is 35.8 Å². The zero-order valence-electron chi connectivity index (χ0n) is 34.4. The molecule has 4 aliphatic rings. The number of rotatable bonds is 8. The monoisotopic (exact) mass is 957 g/mol. The van der Waals surface area contributed by atoms with Crippen molar-refractivity contribution < 1.29 is 24.5 Å². The van der Waals surface area contributed by atoms with Gasteiger partial charge in [0.25, 0.3) is 0 Å². The average molecular weight is 957 g/mol. The first kappa shape index (κ1) is 40.6. The third kappa shape index (κ3) is 9.03. The maximum atomic E-state index is 6.39. The van der Waals surface area contributed by atoms with E-state index in [-0.39, 0.29) is 20.1 Å². The molecular weight excluding hydrogens is 901 g/mol. The molecule has 0 aliphatic heterocycles. The number of hydrogen-bond acceptors (Lipinski definition) is 3. The Balaban J connectivity index is 0.000000172. The molecule has 1 atom stereocenters. The van der Waals surface area contributed by atoms with Crippen molar-refractivity contribution in [3.8, 4) is 33.6 Å². The number of aromatic nitrogens is 2. The average Bonchev–Trinajstić information content (AvgIpc) is 3.63. The van der Waals surface area contributed by atoms with E-state index in [0.717, 1.165) is 68.1 Å². The topological polar surface area (TPSA) is 38.9 Å². The van der Waals surface area contributed by atoms with Crippen molar-refractivity contribution in [2.45, 2.75) is 96.7 Å². The van der Waals surface area contributed by atoms with Crippen LogP contribution in [-0.4, -0.2) is 18.0 Å². The predicted octanol–water partition coefficient (Wildman–Crippen LogP) is 13.7. The van der Waals surface area contributed by atoms with Crippen LogP contribution in [0.1, 0.15) is 75.3 Å². The second-order valence-electron chi connectivity index (χ2n) is 18.3. The van der Waals surface area contributed by atoms with Gasteiger partial charge < -0.3 is 14.4 Å². The van der Waals surface area contributed by atoms with Crippen LogP contribution in [0.5, 0.6) is 0 Å². The fourth-order valence-corrected chi connectivity index (χ4v) is 11.9. The van der Waals surface area contributed by atoms with Crippen LogP contribution in [0.4, 0.5) is 0 Å². The molecule has 1 unspecified atom stereocenters. The van der Waals surface area contributed by atoms with Crippen LogP contribution in [0.2, 0.25) is 19.6 Å². The Morgan fingerprint density at radius 2 is 1.50 bits per heavy atom. The molecule has 11 rings (SSSR count). The zero-order valence-corrected chi connectivity index (χ0v) is 37.8. The van der Waals surface area contributed by atoms with Gasteiger partial charge in [0.1, 0.15) is 5.58 Å². The summed E-state index contributed by atoms with van der Waals surface area (Å²) < 4.78 is 6.39.